The summed E-state index contributed by atoms with van der Waals surface area (Å²) < 4.78 is 44.4. The molecule has 1 saturated heterocycles. The van der Waals surface area contributed by atoms with Crippen molar-refractivity contribution in [2.45, 2.75) is 17.8 Å². The number of aromatic nitrogens is 2. The molecule has 1 fully saturated rings. The number of rotatable bonds is 9. The van der Waals surface area contributed by atoms with E-state index in [0.29, 0.717) is 16.7 Å². The van der Waals surface area contributed by atoms with Gasteiger partial charge in [-0.3, -0.25) is 0 Å². The highest BCUT2D eigenvalue weighted by Crippen LogP contribution is 2.35. The number of benzene rings is 2. The van der Waals surface area contributed by atoms with Gasteiger partial charge in [0, 0.05) is 43.8 Å². The second-order valence-corrected chi connectivity index (χ2v) is 9.94. The molecule has 3 aromatic rings. The Balaban J connectivity index is 1.30. The Hall–Kier alpha value is -2.53. The van der Waals surface area contributed by atoms with E-state index in [1.54, 1.807) is 42.2 Å². The molecule has 0 saturated carbocycles. The predicted octanol–water partition coefficient (Wildman–Crippen LogP) is 6.41. The number of nitrogens with one attached hydrogen (secondary N) is 1. The monoisotopic (exact) mass is 537 g/mol. The van der Waals surface area contributed by atoms with Crippen LogP contribution in [0.1, 0.15) is 12.0 Å². The summed E-state index contributed by atoms with van der Waals surface area (Å²) in [5.74, 6) is 1.86. The first kappa shape index (κ1) is 26.5. The Labute approximate surface area is 217 Å². The number of piperazine rings is 1. The van der Waals surface area contributed by atoms with Gasteiger partial charge in [0.25, 0.3) is 0 Å². The zero-order valence-electron chi connectivity index (χ0n) is 19.8. The van der Waals surface area contributed by atoms with Gasteiger partial charge in [-0.1, -0.05) is 29.4 Å². The van der Waals surface area contributed by atoms with Gasteiger partial charge in [-0.15, -0.1) is 0 Å². The smallest absolute Gasteiger partial charge is 0.416 e. The Morgan fingerprint density at radius 2 is 1.89 bits per heavy atom. The van der Waals surface area contributed by atoms with Crippen molar-refractivity contribution in [2.24, 2.45) is 0 Å². The molecule has 11 heteroatoms. The van der Waals surface area contributed by atoms with Crippen molar-refractivity contribution in [1.82, 2.24) is 19.8 Å². The van der Waals surface area contributed by atoms with E-state index < -0.39 is 11.7 Å². The molecule has 0 bridgehead atoms. The van der Waals surface area contributed by atoms with Crippen molar-refractivity contribution < 1.29 is 17.9 Å². The first-order valence-corrected chi connectivity index (χ1v) is 12.9. The Kier molecular flexibility index (Phi) is 8.95. The molecule has 0 spiro atoms. The average molecular weight is 538 g/mol. The lowest BCUT2D eigenvalue weighted by molar-refractivity contribution is -0.137. The van der Waals surface area contributed by atoms with E-state index in [0.717, 1.165) is 57.0 Å². The lowest BCUT2D eigenvalue weighted by atomic mass is 10.2. The first-order valence-electron chi connectivity index (χ1n) is 11.5. The highest BCUT2D eigenvalue weighted by Gasteiger charge is 2.30. The number of hydrogen-bond acceptors (Lipinski definition) is 7. The minimum absolute atomic E-state index is 0.0533. The van der Waals surface area contributed by atoms with Crippen molar-refractivity contribution in [3.63, 3.8) is 0 Å². The standard InChI is InChI=1S/C25H27ClF3N5OS/c1-33-11-13-34(14-12-33)10-3-15-36-24-30-9-8-23(32-24)31-19-6-7-22(21(26)17-19)35-20-5-2-4-18(16-20)25(27,28)29/h2,4-9,16-17H,3,10-15H2,1H3,(H,30,31,32). The van der Waals surface area contributed by atoms with Crippen molar-refractivity contribution >= 4 is 34.9 Å². The third-order valence-corrected chi connectivity index (χ3v) is 6.92. The minimum Gasteiger partial charge on any atom is -0.456 e. The van der Waals surface area contributed by atoms with Crippen LogP contribution in [-0.4, -0.2) is 65.3 Å². The minimum atomic E-state index is -4.45. The number of likely N-dealkylation sites (N-methyl/N-ethyl adjacent to an activating group) is 1. The quantitative estimate of drug-likeness (QED) is 0.192. The van der Waals surface area contributed by atoms with Gasteiger partial charge >= 0.3 is 6.18 Å². The molecule has 0 amide bonds. The zero-order chi connectivity index (χ0) is 25.5. The van der Waals surface area contributed by atoms with Crippen LogP contribution >= 0.6 is 23.4 Å². The Bertz CT molecular complexity index is 1160. The summed E-state index contributed by atoms with van der Waals surface area (Å²) in [4.78, 5) is 13.7. The highest BCUT2D eigenvalue weighted by atomic mass is 35.5. The summed E-state index contributed by atoms with van der Waals surface area (Å²) in [6, 6.07) is 11.4. The fourth-order valence-corrected chi connectivity index (χ4v) is 4.65. The van der Waals surface area contributed by atoms with Crippen LogP contribution in [0.5, 0.6) is 11.5 Å². The molecule has 36 heavy (non-hydrogen) atoms. The van der Waals surface area contributed by atoms with Gasteiger partial charge in [-0.05, 0) is 62.5 Å². The van der Waals surface area contributed by atoms with Gasteiger partial charge in [-0.25, -0.2) is 9.97 Å². The van der Waals surface area contributed by atoms with Gasteiger partial charge in [0.15, 0.2) is 5.16 Å². The molecule has 6 nitrogen and oxygen atoms in total. The first-order chi connectivity index (χ1) is 17.3. The number of anilines is 2. The van der Waals surface area contributed by atoms with E-state index in [-0.39, 0.29) is 16.5 Å². The van der Waals surface area contributed by atoms with E-state index in [1.165, 1.54) is 12.1 Å². The molecular weight excluding hydrogens is 511 g/mol. The number of ether oxygens (including phenoxy) is 1. The number of halogens is 4. The van der Waals surface area contributed by atoms with E-state index >= 15 is 0 Å². The number of hydrogen-bond donors (Lipinski definition) is 1. The molecule has 0 unspecified atom stereocenters. The lowest BCUT2D eigenvalue weighted by Crippen LogP contribution is -2.44. The molecule has 0 atom stereocenters. The molecule has 2 aromatic carbocycles. The molecule has 1 aliphatic heterocycles. The topological polar surface area (TPSA) is 53.5 Å². The van der Waals surface area contributed by atoms with Crippen LogP contribution in [0.25, 0.3) is 0 Å². The van der Waals surface area contributed by atoms with E-state index in [4.69, 9.17) is 16.3 Å². The van der Waals surface area contributed by atoms with Crippen LogP contribution in [0.3, 0.4) is 0 Å². The molecule has 4 rings (SSSR count). The second kappa shape index (κ2) is 12.1. The molecule has 2 heterocycles. The van der Waals surface area contributed by atoms with E-state index in [2.05, 4.69) is 32.1 Å². The summed E-state index contributed by atoms with van der Waals surface area (Å²) in [5, 5.41) is 4.13. The van der Waals surface area contributed by atoms with Crippen LogP contribution in [0.2, 0.25) is 5.02 Å². The normalized spacial score (nSPS) is 15.1. The third kappa shape index (κ3) is 7.73. The summed E-state index contributed by atoms with van der Waals surface area (Å²) >= 11 is 7.95. The van der Waals surface area contributed by atoms with E-state index in [1.807, 2.05) is 0 Å². The van der Waals surface area contributed by atoms with Crippen molar-refractivity contribution in [1.29, 1.82) is 0 Å². The summed E-state index contributed by atoms with van der Waals surface area (Å²) in [6.07, 6.45) is -1.68. The largest absolute Gasteiger partial charge is 0.456 e. The van der Waals surface area contributed by atoms with Crippen LogP contribution in [0, 0.1) is 0 Å². The molecule has 1 aliphatic rings. The zero-order valence-corrected chi connectivity index (χ0v) is 21.3. The number of thioether (sulfide) groups is 1. The van der Waals surface area contributed by atoms with Crippen molar-refractivity contribution in [3.8, 4) is 11.5 Å². The predicted molar refractivity (Wildman–Crippen MR) is 138 cm³/mol. The van der Waals surface area contributed by atoms with Crippen LogP contribution in [0.4, 0.5) is 24.7 Å². The fourth-order valence-electron chi connectivity index (χ4n) is 3.68. The van der Waals surface area contributed by atoms with Gasteiger partial charge in [-0.2, -0.15) is 13.2 Å². The molecule has 1 N–H and O–H groups in total. The highest BCUT2D eigenvalue weighted by molar-refractivity contribution is 7.99. The molecule has 1 aromatic heterocycles. The molecular formula is C25H27ClF3N5OS. The molecule has 0 radical (unpaired) electrons. The van der Waals surface area contributed by atoms with Crippen LogP contribution in [-0.2, 0) is 6.18 Å². The average Bonchev–Trinajstić information content (AvgIpc) is 2.85. The Morgan fingerprint density at radius 3 is 2.64 bits per heavy atom. The summed E-state index contributed by atoms with van der Waals surface area (Å²) in [5.41, 5.74) is -0.118. The third-order valence-electron chi connectivity index (χ3n) is 5.67. The summed E-state index contributed by atoms with van der Waals surface area (Å²) in [7, 11) is 2.16. The maximum Gasteiger partial charge on any atom is 0.416 e. The van der Waals surface area contributed by atoms with Gasteiger partial charge in [0.2, 0.25) is 0 Å². The second-order valence-electron chi connectivity index (χ2n) is 8.47. The van der Waals surface area contributed by atoms with Crippen LogP contribution < -0.4 is 10.1 Å². The fraction of sp³-hybridized carbons (Fsp3) is 0.360. The number of nitrogens with zero attached hydrogens (tertiary/aromatic N) is 4. The van der Waals surface area contributed by atoms with Gasteiger partial charge in [0.1, 0.15) is 17.3 Å². The molecule has 192 valence electrons. The van der Waals surface area contributed by atoms with Gasteiger partial charge in [0.05, 0.1) is 10.6 Å². The Morgan fingerprint density at radius 1 is 1.08 bits per heavy atom. The van der Waals surface area contributed by atoms with Gasteiger partial charge < -0.3 is 19.9 Å². The van der Waals surface area contributed by atoms with Crippen LogP contribution in [0.15, 0.2) is 59.9 Å². The maximum absolute atomic E-state index is 12.9. The maximum atomic E-state index is 12.9. The van der Waals surface area contributed by atoms with E-state index in [9.17, 15) is 13.2 Å². The molecule has 0 aliphatic carbocycles. The lowest BCUT2D eigenvalue weighted by Gasteiger charge is -2.32. The number of alkyl halides is 3. The summed E-state index contributed by atoms with van der Waals surface area (Å²) in [6.45, 7) is 5.54. The van der Waals surface area contributed by atoms with Crippen molar-refractivity contribution in [3.05, 3.63) is 65.3 Å². The SMILES string of the molecule is CN1CCN(CCCSc2nccc(Nc3ccc(Oc4cccc(C(F)(F)F)c4)c(Cl)c3)n2)CC1. The van der Waals surface area contributed by atoms with Crippen molar-refractivity contribution in [2.75, 3.05) is 50.8 Å².